The van der Waals surface area contributed by atoms with Crippen LogP contribution in [0.25, 0.3) is 0 Å². The zero-order chi connectivity index (χ0) is 25.3. The van der Waals surface area contributed by atoms with E-state index in [1.807, 2.05) is 4.90 Å². The Labute approximate surface area is 201 Å². The number of likely N-dealkylation sites (tertiary alicyclic amines) is 1. The van der Waals surface area contributed by atoms with E-state index in [0.29, 0.717) is 25.9 Å². The van der Waals surface area contributed by atoms with Gasteiger partial charge in [0, 0.05) is 26.3 Å². The van der Waals surface area contributed by atoms with Crippen molar-refractivity contribution < 1.29 is 22.4 Å². The molecule has 2 saturated heterocycles. The number of likely N-dealkylation sites (N-methyl/N-ethyl adjacent to an activating group) is 2. The highest BCUT2D eigenvalue weighted by Crippen LogP contribution is 2.43. The largest absolute Gasteiger partial charge is 0.391 e. The summed E-state index contributed by atoms with van der Waals surface area (Å²) in [6, 6.07) is -0.384. The van der Waals surface area contributed by atoms with Crippen molar-refractivity contribution in [1.29, 1.82) is 0 Å². The molecule has 1 amide bonds. The van der Waals surface area contributed by atoms with Crippen LogP contribution in [0.4, 0.5) is 17.6 Å². The summed E-state index contributed by atoms with van der Waals surface area (Å²) in [4.78, 5) is 16.6. The monoisotopic (exact) mass is 493 g/mol. The van der Waals surface area contributed by atoms with Crippen molar-refractivity contribution in [1.82, 2.24) is 25.8 Å². The molecule has 0 radical (unpaired) electrons. The molecule has 0 spiro atoms. The van der Waals surface area contributed by atoms with Crippen LogP contribution in [-0.4, -0.2) is 79.8 Å². The fourth-order valence-electron chi connectivity index (χ4n) is 6.19. The van der Waals surface area contributed by atoms with Crippen LogP contribution in [0.2, 0.25) is 0 Å². The lowest BCUT2D eigenvalue weighted by Crippen LogP contribution is -2.71. The molecule has 0 aromatic carbocycles. The summed E-state index contributed by atoms with van der Waals surface area (Å²) >= 11 is 0. The highest BCUT2D eigenvalue weighted by Gasteiger charge is 2.48. The second-order valence-corrected chi connectivity index (χ2v) is 11.6. The van der Waals surface area contributed by atoms with Crippen LogP contribution < -0.4 is 16.0 Å². The molecule has 198 valence electrons. The van der Waals surface area contributed by atoms with Crippen LogP contribution in [0.15, 0.2) is 0 Å². The standard InChI is InChI=1S/C24H43F4N5O/c1-23(2,3)13-18(22(34)29-4)32(5)20-19(25)21(31-14-30-20)33-12-6-7-17(33)15-8-10-16(11-9-15)24(26,27)28/h15-21,30-31H,6-14H2,1-5H3,(H,29,34)/t15?,16?,17?,18-,19?,20?,21?/m1/s1. The van der Waals surface area contributed by atoms with E-state index >= 15 is 4.39 Å². The number of amides is 1. The molecule has 4 unspecified atom stereocenters. The molecular formula is C24H43F4N5O. The normalized spacial score (nSPS) is 34.9. The molecule has 6 nitrogen and oxygen atoms in total. The predicted octanol–water partition coefficient (Wildman–Crippen LogP) is 3.44. The third kappa shape index (κ3) is 6.42. The van der Waals surface area contributed by atoms with Crippen molar-refractivity contribution in [3.8, 4) is 0 Å². The molecule has 10 heteroatoms. The molecular weight excluding hydrogens is 450 g/mol. The van der Waals surface area contributed by atoms with E-state index in [1.165, 1.54) is 0 Å². The molecule has 3 rings (SSSR count). The van der Waals surface area contributed by atoms with Crippen LogP contribution in [0, 0.1) is 17.3 Å². The lowest BCUT2D eigenvalue weighted by atomic mass is 9.77. The summed E-state index contributed by atoms with van der Waals surface area (Å²) in [6.45, 7) is 7.32. The second-order valence-electron chi connectivity index (χ2n) is 11.6. The van der Waals surface area contributed by atoms with Crippen molar-refractivity contribution in [3.63, 3.8) is 0 Å². The Bertz CT molecular complexity index is 677. The maximum atomic E-state index is 16.0. The zero-order valence-corrected chi connectivity index (χ0v) is 21.2. The number of nitrogens with one attached hydrogen (secondary N) is 3. The maximum Gasteiger partial charge on any atom is 0.391 e. The van der Waals surface area contributed by atoms with Gasteiger partial charge in [-0.05, 0) is 63.3 Å². The van der Waals surface area contributed by atoms with Gasteiger partial charge in [-0.1, -0.05) is 20.8 Å². The van der Waals surface area contributed by atoms with Gasteiger partial charge in [-0.25, -0.2) is 4.39 Å². The number of hydrogen-bond donors (Lipinski definition) is 3. The van der Waals surface area contributed by atoms with Crippen LogP contribution in [0.3, 0.4) is 0 Å². The quantitative estimate of drug-likeness (QED) is 0.495. The Morgan fingerprint density at radius 3 is 2.32 bits per heavy atom. The maximum absolute atomic E-state index is 16.0. The molecule has 0 aromatic rings. The minimum atomic E-state index is -4.12. The summed E-state index contributed by atoms with van der Waals surface area (Å²) in [6.07, 6.45) is -2.75. The lowest BCUT2D eigenvalue weighted by Gasteiger charge is -2.48. The molecule has 2 aliphatic heterocycles. The number of alkyl halides is 4. The van der Waals surface area contributed by atoms with Gasteiger partial charge in [0.1, 0.15) is 0 Å². The van der Waals surface area contributed by atoms with E-state index in [2.05, 4.69) is 41.6 Å². The molecule has 3 aliphatic rings. The van der Waals surface area contributed by atoms with Crippen molar-refractivity contribution in [3.05, 3.63) is 0 Å². The summed E-state index contributed by atoms with van der Waals surface area (Å²) in [5, 5.41) is 9.17. The van der Waals surface area contributed by atoms with E-state index < -0.39 is 36.6 Å². The Kier molecular flexibility index (Phi) is 8.91. The Balaban J connectivity index is 1.69. The van der Waals surface area contributed by atoms with Gasteiger partial charge in [-0.15, -0.1) is 0 Å². The summed E-state index contributed by atoms with van der Waals surface area (Å²) < 4.78 is 55.4. The molecule has 1 saturated carbocycles. The van der Waals surface area contributed by atoms with Crippen molar-refractivity contribution in [2.75, 3.05) is 27.3 Å². The van der Waals surface area contributed by atoms with E-state index in [-0.39, 0.29) is 36.1 Å². The predicted molar refractivity (Wildman–Crippen MR) is 125 cm³/mol. The van der Waals surface area contributed by atoms with Crippen LogP contribution in [-0.2, 0) is 4.79 Å². The first-order valence-corrected chi connectivity index (χ1v) is 12.7. The number of carbonyl (C=O) groups is 1. The molecule has 5 atom stereocenters. The average Bonchev–Trinajstić information content (AvgIpc) is 3.25. The van der Waals surface area contributed by atoms with Gasteiger partial charge in [0.15, 0.2) is 6.17 Å². The summed E-state index contributed by atoms with van der Waals surface area (Å²) in [5.74, 6) is -1.17. The first-order valence-electron chi connectivity index (χ1n) is 12.7. The van der Waals surface area contributed by atoms with Gasteiger partial charge in [0.25, 0.3) is 0 Å². The molecule has 2 heterocycles. The average molecular weight is 494 g/mol. The third-order valence-corrected chi connectivity index (χ3v) is 7.99. The van der Waals surface area contributed by atoms with E-state index in [0.717, 1.165) is 19.4 Å². The van der Waals surface area contributed by atoms with E-state index in [4.69, 9.17) is 0 Å². The van der Waals surface area contributed by atoms with Crippen molar-refractivity contribution in [2.24, 2.45) is 17.3 Å². The molecule has 0 aromatic heterocycles. The zero-order valence-electron chi connectivity index (χ0n) is 21.2. The van der Waals surface area contributed by atoms with Crippen LogP contribution >= 0.6 is 0 Å². The molecule has 3 N–H and O–H groups in total. The summed E-state index contributed by atoms with van der Waals surface area (Å²) in [7, 11) is 3.39. The minimum absolute atomic E-state index is 0.0957. The highest BCUT2D eigenvalue weighted by atomic mass is 19.4. The Hall–Kier alpha value is -0.970. The van der Waals surface area contributed by atoms with Crippen LogP contribution in [0.1, 0.15) is 65.7 Å². The highest BCUT2D eigenvalue weighted by molar-refractivity contribution is 5.81. The van der Waals surface area contributed by atoms with E-state index in [1.54, 1.807) is 14.1 Å². The lowest BCUT2D eigenvalue weighted by molar-refractivity contribution is -0.185. The first-order chi connectivity index (χ1) is 15.8. The number of hydrogen-bond acceptors (Lipinski definition) is 5. The number of rotatable bonds is 6. The number of carbonyl (C=O) groups excluding carboxylic acids is 1. The van der Waals surface area contributed by atoms with Gasteiger partial charge in [0.2, 0.25) is 5.91 Å². The minimum Gasteiger partial charge on any atom is -0.358 e. The van der Waals surface area contributed by atoms with Crippen molar-refractivity contribution in [2.45, 2.75) is 102 Å². The smallest absolute Gasteiger partial charge is 0.358 e. The van der Waals surface area contributed by atoms with Gasteiger partial charge in [0.05, 0.1) is 24.3 Å². The molecule has 3 fully saturated rings. The second kappa shape index (κ2) is 11.0. The van der Waals surface area contributed by atoms with Gasteiger partial charge in [-0.2, -0.15) is 13.2 Å². The fraction of sp³-hybridized carbons (Fsp3) is 0.958. The van der Waals surface area contributed by atoms with Gasteiger partial charge < -0.3 is 5.32 Å². The van der Waals surface area contributed by atoms with Crippen LogP contribution in [0.5, 0.6) is 0 Å². The number of nitrogens with zero attached hydrogens (tertiary/aromatic N) is 2. The fourth-order valence-corrected chi connectivity index (χ4v) is 6.19. The van der Waals surface area contributed by atoms with Gasteiger partial charge in [-0.3, -0.25) is 25.2 Å². The Morgan fingerprint density at radius 2 is 1.76 bits per heavy atom. The molecule has 1 aliphatic carbocycles. The van der Waals surface area contributed by atoms with Crippen molar-refractivity contribution >= 4 is 5.91 Å². The topological polar surface area (TPSA) is 59.6 Å². The third-order valence-electron chi connectivity index (χ3n) is 7.99. The Morgan fingerprint density at radius 1 is 1.12 bits per heavy atom. The SMILES string of the molecule is CNC(=O)[C@@H](CC(C)(C)C)N(C)C1NCNC(N2CCCC2C2CCC(C(F)(F)F)CC2)C1F. The van der Waals surface area contributed by atoms with Gasteiger partial charge >= 0.3 is 6.18 Å². The van der Waals surface area contributed by atoms with E-state index in [9.17, 15) is 18.0 Å². The first kappa shape index (κ1) is 27.6. The molecule has 34 heavy (non-hydrogen) atoms. The number of halogens is 4. The summed E-state index contributed by atoms with van der Waals surface area (Å²) in [5.41, 5.74) is -0.112. The molecule has 0 bridgehead atoms.